The third-order valence-corrected chi connectivity index (χ3v) is 6.03. The molecule has 2 N–H and O–H groups in total. The van der Waals surface area contributed by atoms with Crippen molar-refractivity contribution >= 4 is 29.2 Å². The zero-order valence-corrected chi connectivity index (χ0v) is 18.9. The van der Waals surface area contributed by atoms with Gasteiger partial charge in [-0.25, -0.2) is 14.8 Å². The number of halogens is 3. The first-order chi connectivity index (χ1) is 16.2. The summed E-state index contributed by atoms with van der Waals surface area (Å²) in [5.74, 6) is 2.92. The van der Waals surface area contributed by atoms with Gasteiger partial charge in [-0.2, -0.15) is 18.3 Å². The van der Waals surface area contributed by atoms with Crippen molar-refractivity contribution in [3.05, 3.63) is 16.7 Å². The Balaban J connectivity index is 1.85. The second kappa shape index (κ2) is 9.52. The van der Waals surface area contributed by atoms with Crippen LogP contribution in [0.4, 0.5) is 24.7 Å². The van der Waals surface area contributed by atoms with Crippen LogP contribution in [0.15, 0.2) is 21.4 Å². The van der Waals surface area contributed by atoms with Crippen LogP contribution in [0.5, 0.6) is 0 Å². The number of anilines is 2. The summed E-state index contributed by atoms with van der Waals surface area (Å²) in [7, 11) is 1.47. The van der Waals surface area contributed by atoms with Crippen molar-refractivity contribution in [2.75, 3.05) is 42.7 Å². The fourth-order valence-electron chi connectivity index (χ4n) is 3.55. The van der Waals surface area contributed by atoms with Crippen LogP contribution in [0.1, 0.15) is 6.92 Å². The molecule has 1 fully saturated rings. The molecule has 1 unspecified atom stereocenters. The van der Waals surface area contributed by atoms with Gasteiger partial charge in [0.05, 0.1) is 6.54 Å². The Labute approximate surface area is 195 Å². The van der Waals surface area contributed by atoms with Gasteiger partial charge in [-0.15, -0.1) is 11.0 Å². The van der Waals surface area contributed by atoms with Crippen LogP contribution in [0.2, 0.25) is 0 Å². The number of hydrogen-bond donors (Lipinski definition) is 2. The molecule has 0 bridgehead atoms. The predicted octanol–water partition coefficient (Wildman–Crippen LogP) is -0.0914. The van der Waals surface area contributed by atoms with Crippen LogP contribution < -0.4 is 20.8 Å². The summed E-state index contributed by atoms with van der Waals surface area (Å²) >= 11 is 0.947. The molecule has 0 spiro atoms. The summed E-state index contributed by atoms with van der Waals surface area (Å²) in [5.41, 5.74) is -0.568. The van der Waals surface area contributed by atoms with Crippen LogP contribution in [0.25, 0.3) is 0 Å². The Kier molecular flexibility index (Phi) is 6.68. The first-order valence-corrected chi connectivity index (χ1v) is 10.9. The van der Waals surface area contributed by atoms with E-state index in [9.17, 15) is 22.8 Å². The van der Waals surface area contributed by atoms with Gasteiger partial charge in [0.1, 0.15) is 6.33 Å². The number of carbonyl (C=O) groups is 1. The minimum Gasteiger partial charge on any atom is -0.327 e. The van der Waals surface area contributed by atoms with E-state index in [1.165, 1.54) is 22.8 Å². The third kappa shape index (κ3) is 4.54. The minimum absolute atomic E-state index is 0.00365. The van der Waals surface area contributed by atoms with Gasteiger partial charge in [0.25, 0.3) is 5.56 Å². The molecule has 4 rings (SSSR count). The zero-order valence-electron chi connectivity index (χ0n) is 18.1. The summed E-state index contributed by atoms with van der Waals surface area (Å²) in [4.78, 5) is 41.7. The lowest BCUT2D eigenvalue weighted by molar-refractivity contribution is -0.203. The molecule has 0 radical (unpaired) electrons. The average Bonchev–Trinajstić information content (AvgIpc) is 3.42. The molecule has 1 atom stereocenters. The van der Waals surface area contributed by atoms with Crippen LogP contribution in [0.3, 0.4) is 0 Å². The molecule has 182 valence electrons. The number of fused-ring (bicyclic) bond motifs is 1. The minimum atomic E-state index is -5.25. The quantitative estimate of drug-likeness (QED) is 0.424. The van der Waals surface area contributed by atoms with E-state index in [0.717, 1.165) is 16.8 Å². The lowest BCUT2D eigenvalue weighted by Gasteiger charge is -2.40. The monoisotopic (exact) mass is 499 g/mol. The number of H-pyrrole nitrogens is 1. The maximum Gasteiger partial charge on any atom is 0.493 e. The van der Waals surface area contributed by atoms with Crippen molar-refractivity contribution in [3.8, 4) is 11.8 Å². The molecular weight excluding hydrogens is 479 g/mol. The van der Waals surface area contributed by atoms with Gasteiger partial charge >= 0.3 is 12.1 Å². The Morgan fingerprint density at radius 3 is 2.71 bits per heavy atom. The molecule has 12 nitrogen and oxygen atoms in total. The fourth-order valence-corrected chi connectivity index (χ4v) is 4.28. The van der Waals surface area contributed by atoms with Crippen molar-refractivity contribution < 1.29 is 22.8 Å². The van der Waals surface area contributed by atoms with Crippen molar-refractivity contribution in [3.63, 3.8) is 0 Å². The molecular formula is C18H20F3N9O3S. The van der Waals surface area contributed by atoms with Gasteiger partial charge in [0.15, 0.2) is 28.1 Å². The number of aromatic nitrogens is 5. The lowest BCUT2D eigenvalue weighted by Crippen LogP contribution is -2.61. The largest absolute Gasteiger partial charge is 0.493 e. The normalized spacial score (nSPS) is 18.4. The maximum absolute atomic E-state index is 13.4. The number of nitrogens with zero attached hydrogens (tertiary/aromatic N) is 7. The Morgan fingerprint density at radius 2 is 2.09 bits per heavy atom. The van der Waals surface area contributed by atoms with Crippen LogP contribution >= 0.6 is 11.8 Å². The van der Waals surface area contributed by atoms with Crippen molar-refractivity contribution in [2.45, 2.75) is 29.7 Å². The van der Waals surface area contributed by atoms with E-state index in [-0.39, 0.29) is 23.2 Å². The van der Waals surface area contributed by atoms with Crippen molar-refractivity contribution in [2.24, 2.45) is 7.05 Å². The summed E-state index contributed by atoms with van der Waals surface area (Å²) in [5, 5.41) is 10.7. The number of rotatable bonds is 5. The number of alkyl halides is 3. The van der Waals surface area contributed by atoms with Gasteiger partial charge in [0.2, 0.25) is 0 Å². The van der Waals surface area contributed by atoms with Crippen molar-refractivity contribution in [1.29, 1.82) is 0 Å². The summed E-state index contributed by atoms with van der Waals surface area (Å²) in [6.45, 7) is 3.57. The first kappa shape index (κ1) is 23.9. The molecule has 4 heterocycles. The molecule has 0 aromatic carbocycles. The topological polar surface area (TPSA) is 125 Å². The second-order valence-electron chi connectivity index (χ2n) is 7.21. The first-order valence-electron chi connectivity index (χ1n) is 10.1. The van der Waals surface area contributed by atoms with E-state index in [1.807, 2.05) is 0 Å². The zero-order chi connectivity index (χ0) is 24.5. The van der Waals surface area contributed by atoms with Crippen LogP contribution in [-0.2, 0) is 16.7 Å². The number of aromatic amines is 1. The third-order valence-electron chi connectivity index (χ3n) is 5.09. The molecule has 0 aliphatic carbocycles. The predicted molar refractivity (Wildman–Crippen MR) is 114 cm³/mol. The lowest BCUT2D eigenvalue weighted by atomic mass is 10.3. The molecule has 2 aromatic rings. The summed E-state index contributed by atoms with van der Waals surface area (Å²) in [6.07, 6.45) is -5.03. The van der Waals surface area contributed by atoms with Crippen LogP contribution in [0, 0.1) is 11.8 Å². The summed E-state index contributed by atoms with van der Waals surface area (Å²) in [6, 6.07) is 0. The Hall–Kier alpha value is -3.29. The molecule has 0 amide bonds. The van der Waals surface area contributed by atoms with Crippen LogP contribution in [-0.4, -0.2) is 80.8 Å². The Bertz CT molecular complexity index is 1170. The molecule has 2 aliphatic heterocycles. The molecule has 2 aromatic heterocycles. The molecule has 2 aliphatic rings. The fraction of sp³-hybridized carbons (Fsp3) is 0.500. The number of hydrogen-bond acceptors (Lipinski definition) is 11. The van der Waals surface area contributed by atoms with E-state index in [0.29, 0.717) is 31.3 Å². The SMILES string of the molecule is CC#CCN1c2c(nc(Sc3ncn[nH]3)n(C)c2=O)N(OC(=O)C(F)(F)F)C1N1CCNCC1. The van der Waals surface area contributed by atoms with Gasteiger partial charge in [-0.05, 0) is 18.7 Å². The second-order valence-corrected chi connectivity index (χ2v) is 8.17. The highest BCUT2D eigenvalue weighted by molar-refractivity contribution is 7.99. The van der Waals surface area contributed by atoms with E-state index in [1.54, 1.807) is 11.8 Å². The summed E-state index contributed by atoms with van der Waals surface area (Å²) < 4.78 is 40.7. The van der Waals surface area contributed by atoms with E-state index in [4.69, 9.17) is 4.84 Å². The molecule has 1 saturated heterocycles. The number of piperazine rings is 1. The highest BCUT2D eigenvalue weighted by atomic mass is 32.2. The Morgan fingerprint density at radius 1 is 1.35 bits per heavy atom. The smallest absolute Gasteiger partial charge is 0.327 e. The number of hydroxylamine groups is 1. The van der Waals surface area contributed by atoms with Gasteiger partial charge in [-0.3, -0.25) is 19.4 Å². The number of nitrogens with one attached hydrogen (secondary N) is 2. The standard InChI is InChI=1S/C18H20F3N9O3S/c1-3-4-7-29-11-12(25-16(27(2)13(11)31)34-15-23-10-24-26-15)30(33-14(32)18(19,20)21)17(29)28-8-5-22-6-9-28/h10,17,22H,5-9H2,1-2H3,(H,23,24,26). The maximum atomic E-state index is 13.4. The van der Waals surface area contributed by atoms with Gasteiger partial charge in [-0.1, -0.05) is 5.92 Å². The van der Waals surface area contributed by atoms with Gasteiger partial charge in [0, 0.05) is 33.2 Å². The number of carbonyl (C=O) groups excluding carboxylic acids is 1. The van der Waals surface area contributed by atoms with E-state index in [2.05, 4.69) is 37.3 Å². The molecule has 0 saturated carbocycles. The van der Waals surface area contributed by atoms with E-state index >= 15 is 0 Å². The highest BCUT2D eigenvalue weighted by Crippen LogP contribution is 2.39. The highest BCUT2D eigenvalue weighted by Gasteiger charge is 2.50. The van der Waals surface area contributed by atoms with Crippen molar-refractivity contribution in [1.82, 2.24) is 34.9 Å². The van der Waals surface area contributed by atoms with E-state index < -0.39 is 24.0 Å². The average molecular weight is 499 g/mol. The molecule has 16 heteroatoms. The van der Waals surface area contributed by atoms with Gasteiger partial charge < -0.3 is 15.1 Å². The molecule has 34 heavy (non-hydrogen) atoms.